The Labute approximate surface area is 112 Å². The van der Waals surface area contributed by atoms with E-state index in [1.807, 2.05) is 30.3 Å². The number of anilines is 1. The number of nitrogens with zero attached hydrogens (tertiary/aromatic N) is 2. The zero-order valence-corrected chi connectivity index (χ0v) is 10.6. The van der Waals surface area contributed by atoms with Crippen LogP contribution in [0.4, 0.5) is 5.69 Å². The first-order chi connectivity index (χ1) is 9.16. The average Bonchev–Trinajstić information content (AvgIpc) is 2.77. The van der Waals surface area contributed by atoms with E-state index in [1.165, 1.54) is 11.3 Å². The van der Waals surface area contributed by atoms with Crippen molar-refractivity contribution in [1.82, 2.24) is 9.97 Å². The monoisotopic (exact) mass is 270 g/mol. The lowest BCUT2D eigenvalue weighted by Gasteiger charge is -1.99. The zero-order chi connectivity index (χ0) is 13.4. The van der Waals surface area contributed by atoms with Gasteiger partial charge in [-0.25, -0.2) is 4.98 Å². The van der Waals surface area contributed by atoms with Crippen LogP contribution in [0.2, 0.25) is 0 Å². The predicted octanol–water partition coefficient (Wildman–Crippen LogP) is 2.04. The van der Waals surface area contributed by atoms with Crippen molar-refractivity contribution < 1.29 is 4.79 Å². The molecule has 0 aliphatic heterocycles. The van der Waals surface area contributed by atoms with E-state index in [-0.39, 0.29) is 0 Å². The summed E-state index contributed by atoms with van der Waals surface area (Å²) in [5, 5.41) is 0.749. The van der Waals surface area contributed by atoms with E-state index in [1.54, 1.807) is 6.20 Å². The molecule has 19 heavy (non-hydrogen) atoms. The largest absolute Gasteiger partial charge is 0.397 e. The van der Waals surface area contributed by atoms with Crippen LogP contribution in [0.5, 0.6) is 0 Å². The summed E-state index contributed by atoms with van der Waals surface area (Å²) in [4.78, 5) is 21.0. The third-order valence-corrected chi connectivity index (χ3v) is 3.87. The fraction of sp³-hybridized carbons (Fsp3) is 0. The van der Waals surface area contributed by atoms with Gasteiger partial charge in [-0.3, -0.25) is 9.78 Å². The van der Waals surface area contributed by atoms with Gasteiger partial charge in [0.2, 0.25) is 0 Å². The highest BCUT2D eigenvalue weighted by molar-refractivity contribution is 7.21. The van der Waals surface area contributed by atoms with E-state index in [4.69, 9.17) is 11.5 Å². The maximum absolute atomic E-state index is 11.3. The van der Waals surface area contributed by atoms with Crippen LogP contribution >= 0.6 is 11.3 Å². The summed E-state index contributed by atoms with van der Waals surface area (Å²) in [7, 11) is 0. The lowest BCUT2D eigenvalue weighted by Crippen LogP contribution is -2.10. The fourth-order valence-corrected chi connectivity index (χ4v) is 2.78. The average molecular weight is 270 g/mol. The Hall–Kier alpha value is -2.47. The third kappa shape index (κ3) is 1.92. The maximum Gasteiger partial charge on any atom is 0.260 e. The molecule has 6 heteroatoms. The number of fused-ring (bicyclic) bond motifs is 1. The van der Waals surface area contributed by atoms with Crippen LogP contribution in [0.15, 0.2) is 36.5 Å². The fourth-order valence-electron chi connectivity index (χ4n) is 1.84. The Kier molecular flexibility index (Phi) is 2.64. The van der Waals surface area contributed by atoms with Crippen molar-refractivity contribution in [3.8, 4) is 11.4 Å². The summed E-state index contributed by atoms with van der Waals surface area (Å²) in [5.74, 6) is -0.528. The van der Waals surface area contributed by atoms with E-state index < -0.39 is 5.91 Å². The van der Waals surface area contributed by atoms with Gasteiger partial charge in [0.15, 0.2) is 0 Å². The standard InChI is InChI=1S/C13H10N4OS/c14-10-7-4-5-9(8-3-1-2-6-16-8)17-13(7)19-11(10)12(15)18/h1-6H,14H2,(H2,15,18). The Morgan fingerprint density at radius 3 is 2.68 bits per heavy atom. The van der Waals surface area contributed by atoms with E-state index >= 15 is 0 Å². The van der Waals surface area contributed by atoms with Gasteiger partial charge in [0, 0.05) is 11.6 Å². The normalized spacial score (nSPS) is 10.7. The Balaban J connectivity index is 2.19. The molecular weight excluding hydrogens is 260 g/mol. The molecule has 5 nitrogen and oxygen atoms in total. The van der Waals surface area contributed by atoms with Crippen LogP contribution in [0.1, 0.15) is 9.67 Å². The summed E-state index contributed by atoms with van der Waals surface area (Å²) in [6.45, 7) is 0. The quantitative estimate of drug-likeness (QED) is 0.745. The number of nitrogens with two attached hydrogens (primary N) is 2. The SMILES string of the molecule is NC(=O)c1sc2nc(-c3ccccn3)ccc2c1N. The van der Waals surface area contributed by atoms with Crippen molar-refractivity contribution in [2.45, 2.75) is 0 Å². The Morgan fingerprint density at radius 1 is 1.16 bits per heavy atom. The van der Waals surface area contributed by atoms with Crippen LogP contribution in [-0.4, -0.2) is 15.9 Å². The summed E-state index contributed by atoms with van der Waals surface area (Å²) in [6, 6.07) is 9.28. The molecule has 0 aromatic carbocycles. The van der Waals surface area contributed by atoms with Crippen LogP contribution in [0.3, 0.4) is 0 Å². The summed E-state index contributed by atoms with van der Waals surface area (Å²) >= 11 is 1.20. The number of hydrogen-bond donors (Lipinski definition) is 2. The molecule has 3 rings (SSSR count). The number of hydrogen-bond acceptors (Lipinski definition) is 5. The number of carbonyl (C=O) groups is 1. The van der Waals surface area contributed by atoms with Gasteiger partial charge in [-0.15, -0.1) is 11.3 Å². The van der Waals surface area contributed by atoms with Crippen molar-refractivity contribution in [3.63, 3.8) is 0 Å². The van der Waals surface area contributed by atoms with Crippen molar-refractivity contribution in [2.75, 3.05) is 5.73 Å². The zero-order valence-electron chi connectivity index (χ0n) is 9.83. The first-order valence-electron chi connectivity index (χ1n) is 5.57. The molecule has 4 N–H and O–H groups in total. The molecule has 0 aliphatic carbocycles. The van der Waals surface area contributed by atoms with E-state index in [2.05, 4.69) is 9.97 Å². The first kappa shape index (κ1) is 11.6. The van der Waals surface area contributed by atoms with Gasteiger partial charge in [-0.2, -0.15) is 0 Å². The van der Waals surface area contributed by atoms with Crippen molar-refractivity contribution in [3.05, 3.63) is 41.4 Å². The molecule has 0 saturated heterocycles. The molecule has 0 fully saturated rings. The molecule has 3 aromatic heterocycles. The molecular formula is C13H10N4OS. The van der Waals surface area contributed by atoms with E-state index in [9.17, 15) is 4.79 Å². The molecule has 0 atom stereocenters. The van der Waals surface area contributed by atoms with Crippen molar-refractivity contribution in [2.24, 2.45) is 5.73 Å². The number of amides is 1. The van der Waals surface area contributed by atoms with Gasteiger partial charge in [-0.05, 0) is 24.3 Å². The molecule has 0 radical (unpaired) electrons. The minimum Gasteiger partial charge on any atom is -0.397 e. The number of rotatable bonds is 2. The van der Waals surface area contributed by atoms with Gasteiger partial charge < -0.3 is 11.5 Å². The highest BCUT2D eigenvalue weighted by atomic mass is 32.1. The summed E-state index contributed by atoms with van der Waals surface area (Å²) in [5.41, 5.74) is 13.1. The molecule has 0 unspecified atom stereocenters. The second-order valence-corrected chi connectivity index (χ2v) is 4.97. The highest BCUT2D eigenvalue weighted by Crippen LogP contribution is 2.33. The first-order valence-corrected chi connectivity index (χ1v) is 6.38. The molecule has 0 spiro atoms. The molecule has 94 valence electrons. The number of aromatic nitrogens is 2. The van der Waals surface area contributed by atoms with Gasteiger partial charge in [0.25, 0.3) is 5.91 Å². The lowest BCUT2D eigenvalue weighted by molar-refractivity contribution is 0.100. The van der Waals surface area contributed by atoms with Crippen molar-refractivity contribution in [1.29, 1.82) is 0 Å². The predicted molar refractivity (Wildman–Crippen MR) is 75.8 cm³/mol. The van der Waals surface area contributed by atoms with Crippen molar-refractivity contribution >= 4 is 33.1 Å². The smallest absolute Gasteiger partial charge is 0.260 e. The van der Waals surface area contributed by atoms with Crippen LogP contribution in [-0.2, 0) is 0 Å². The van der Waals surface area contributed by atoms with Crippen LogP contribution in [0, 0.1) is 0 Å². The molecule has 3 aromatic rings. The molecule has 0 saturated carbocycles. The third-order valence-electron chi connectivity index (χ3n) is 2.74. The second-order valence-electron chi connectivity index (χ2n) is 3.97. The molecule has 1 amide bonds. The topological polar surface area (TPSA) is 94.9 Å². The summed E-state index contributed by atoms with van der Waals surface area (Å²) in [6.07, 6.45) is 1.71. The number of primary amides is 1. The number of thiophene rings is 1. The van der Waals surface area contributed by atoms with E-state index in [0.29, 0.717) is 15.4 Å². The van der Waals surface area contributed by atoms with E-state index in [0.717, 1.165) is 16.8 Å². The summed E-state index contributed by atoms with van der Waals surface area (Å²) < 4.78 is 0. The molecule has 3 heterocycles. The van der Waals surface area contributed by atoms with Gasteiger partial charge >= 0.3 is 0 Å². The molecule has 0 bridgehead atoms. The highest BCUT2D eigenvalue weighted by Gasteiger charge is 2.15. The number of nitrogen functional groups attached to an aromatic ring is 1. The van der Waals surface area contributed by atoms with Gasteiger partial charge in [0.05, 0.1) is 17.1 Å². The Bertz CT molecular complexity index is 767. The van der Waals surface area contributed by atoms with Gasteiger partial charge in [-0.1, -0.05) is 6.07 Å². The lowest BCUT2D eigenvalue weighted by atomic mass is 10.2. The maximum atomic E-state index is 11.3. The Morgan fingerprint density at radius 2 is 2.00 bits per heavy atom. The number of carbonyl (C=O) groups excluding carboxylic acids is 1. The van der Waals surface area contributed by atoms with Crippen LogP contribution in [0.25, 0.3) is 21.6 Å². The van der Waals surface area contributed by atoms with Gasteiger partial charge in [0.1, 0.15) is 9.71 Å². The van der Waals surface area contributed by atoms with Crippen LogP contribution < -0.4 is 11.5 Å². The second kappa shape index (κ2) is 4.33. The minimum absolute atomic E-state index is 0.348. The number of pyridine rings is 2. The minimum atomic E-state index is -0.528. The molecule has 0 aliphatic rings.